The molecule has 0 bridgehead atoms. The van der Waals surface area contributed by atoms with Gasteiger partial charge >= 0.3 is 0 Å². The predicted molar refractivity (Wildman–Crippen MR) is 170 cm³/mol. The summed E-state index contributed by atoms with van der Waals surface area (Å²) in [5, 5.41) is 2.40. The van der Waals surface area contributed by atoms with Crippen LogP contribution in [-0.2, 0) is 0 Å². The van der Waals surface area contributed by atoms with E-state index in [9.17, 15) is 0 Å². The van der Waals surface area contributed by atoms with Crippen LogP contribution in [0.1, 0.15) is 11.4 Å². The normalized spacial score (nSPS) is 11.1. The molecular formula is C33H20N6S2. The molecule has 0 aliphatic heterocycles. The maximum absolute atomic E-state index is 5.74. The molecule has 0 fully saturated rings. The van der Waals surface area contributed by atoms with Crippen molar-refractivity contribution in [2.24, 2.45) is 0 Å². The van der Waals surface area contributed by atoms with Crippen molar-refractivity contribution in [3.8, 4) is 28.5 Å². The maximum Gasteiger partial charge on any atom is 0.164 e. The highest BCUT2D eigenvalue weighted by atomic mass is 32.1. The first kappa shape index (κ1) is 25.0. The van der Waals surface area contributed by atoms with Crippen LogP contribution in [0.4, 0.5) is 0 Å². The van der Waals surface area contributed by atoms with Crippen LogP contribution < -0.4 is 0 Å². The largest absolute Gasteiger partial charge is 0.308 e. The van der Waals surface area contributed by atoms with Gasteiger partial charge in [0.2, 0.25) is 0 Å². The molecule has 6 nitrogen and oxygen atoms in total. The topological polar surface area (TPSA) is 69.4 Å². The highest BCUT2D eigenvalue weighted by Gasteiger charge is 2.16. The van der Waals surface area contributed by atoms with Crippen molar-refractivity contribution in [2.75, 3.05) is 0 Å². The summed E-state index contributed by atoms with van der Waals surface area (Å²) in [6.45, 7) is 0. The van der Waals surface area contributed by atoms with Gasteiger partial charge in [0, 0.05) is 28.1 Å². The Balaban J connectivity index is 1.14. The van der Waals surface area contributed by atoms with Crippen LogP contribution in [0.2, 0.25) is 0 Å². The van der Waals surface area contributed by atoms with E-state index in [4.69, 9.17) is 29.4 Å². The van der Waals surface area contributed by atoms with E-state index in [1.807, 2.05) is 72.9 Å². The third kappa shape index (κ3) is 4.59. The molecule has 0 spiro atoms. The van der Waals surface area contributed by atoms with Gasteiger partial charge in [-0.05, 0) is 36.4 Å². The van der Waals surface area contributed by atoms with Crippen molar-refractivity contribution in [3.63, 3.8) is 0 Å². The Kier molecular flexibility index (Phi) is 6.39. The molecule has 4 heterocycles. The van der Waals surface area contributed by atoms with E-state index < -0.39 is 0 Å². The number of nitrogens with zero attached hydrogens (tertiary/aromatic N) is 6. The van der Waals surface area contributed by atoms with Gasteiger partial charge in [0.15, 0.2) is 11.6 Å². The molecule has 0 amide bonds. The maximum atomic E-state index is 5.74. The van der Waals surface area contributed by atoms with Crippen LogP contribution in [0.3, 0.4) is 0 Å². The molecule has 0 saturated carbocycles. The lowest BCUT2D eigenvalue weighted by molar-refractivity contribution is 1.06. The van der Waals surface area contributed by atoms with E-state index in [2.05, 4.69) is 60.9 Å². The third-order valence-electron chi connectivity index (χ3n) is 6.88. The Morgan fingerprint density at radius 3 is 1.66 bits per heavy atom. The number of hydrogen-bond donors (Lipinski definition) is 0. The fourth-order valence-corrected chi connectivity index (χ4v) is 5.36. The van der Waals surface area contributed by atoms with Crippen molar-refractivity contribution < 1.29 is 0 Å². The molecule has 0 unspecified atom stereocenters. The first-order chi connectivity index (χ1) is 20.2. The quantitative estimate of drug-likeness (QED) is 0.156. The van der Waals surface area contributed by atoms with E-state index >= 15 is 0 Å². The molecule has 4 aromatic heterocycles. The summed E-state index contributed by atoms with van der Waals surface area (Å²) < 4.78 is 2.22. The number of fused-ring (bicyclic) bond motifs is 3. The summed E-state index contributed by atoms with van der Waals surface area (Å²) >= 11 is 11.5. The molecule has 0 saturated heterocycles. The monoisotopic (exact) mass is 564 g/mol. The van der Waals surface area contributed by atoms with Crippen molar-refractivity contribution in [3.05, 3.63) is 133 Å². The second kappa shape index (κ2) is 10.5. The average molecular weight is 565 g/mol. The van der Waals surface area contributed by atoms with Crippen LogP contribution >= 0.6 is 24.4 Å². The summed E-state index contributed by atoms with van der Waals surface area (Å²) in [5.74, 6) is 1.14. The van der Waals surface area contributed by atoms with Crippen LogP contribution in [0.5, 0.6) is 0 Å². The number of para-hydroxylation sites is 2. The third-order valence-corrected chi connectivity index (χ3v) is 7.84. The van der Waals surface area contributed by atoms with Crippen molar-refractivity contribution in [2.45, 2.75) is 0 Å². The lowest BCUT2D eigenvalue weighted by atomic mass is 10.1. The number of rotatable bonds is 6. The Labute approximate surface area is 246 Å². The van der Waals surface area contributed by atoms with E-state index in [1.165, 1.54) is 17.1 Å². The molecule has 8 heteroatoms. The van der Waals surface area contributed by atoms with Gasteiger partial charge in [-0.15, -0.1) is 0 Å². The highest BCUT2D eigenvalue weighted by molar-refractivity contribution is 7.90. The Morgan fingerprint density at radius 1 is 0.512 bits per heavy atom. The summed E-state index contributed by atoms with van der Waals surface area (Å²) in [4.78, 5) is 23.4. The number of aromatic nitrogens is 6. The van der Waals surface area contributed by atoms with Gasteiger partial charge in [-0.25, -0.2) is 15.0 Å². The van der Waals surface area contributed by atoms with E-state index in [0.717, 1.165) is 27.8 Å². The van der Waals surface area contributed by atoms with Crippen molar-refractivity contribution in [1.29, 1.82) is 0 Å². The molecule has 0 radical (unpaired) electrons. The SMILES string of the molecule is S=C(C(=S)c1ccc(-n2c3ccccc3c3ccccc32)cn1)c1ccc(-c2ncnc(-c3ccccc3)n2)cn1. The van der Waals surface area contributed by atoms with Gasteiger partial charge in [0.05, 0.1) is 44.0 Å². The van der Waals surface area contributed by atoms with Crippen LogP contribution in [0, 0.1) is 0 Å². The van der Waals surface area contributed by atoms with Gasteiger partial charge in [0.1, 0.15) is 6.33 Å². The van der Waals surface area contributed by atoms with Gasteiger partial charge < -0.3 is 4.57 Å². The minimum absolute atomic E-state index is 0.462. The zero-order valence-corrected chi connectivity index (χ0v) is 23.2. The molecule has 7 aromatic rings. The number of benzene rings is 3. The second-order valence-corrected chi connectivity index (χ2v) is 10.2. The number of hydrogen-bond acceptors (Lipinski definition) is 7. The van der Waals surface area contributed by atoms with Crippen LogP contribution in [-0.4, -0.2) is 39.2 Å². The minimum atomic E-state index is 0.462. The molecule has 3 aromatic carbocycles. The summed E-state index contributed by atoms with van der Waals surface area (Å²) in [6.07, 6.45) is 5.05. The molecular weight excluding hydrogens is 545 g/mol. The fraction of sp³-hybridized carbons (Fsp3) is 0. The van der Waals surface area contributed by atoms with Gasteiger partial charge in [-0.1, -0.05) is 91.2 Å². The van der Waals surface area contributed by atoms with E-state index in [1.54, 1.807) is 6.20 Å². The fourth-order valence-electron chi connectivity index (χ4n) is 4.91. The average Bonchev–Trinajstić information content (AvgIpc) is 3.39. The van der Waals surface area contributed by atoms with E-state index in [0.29, 0.717) is 32.8 Å². The first-order valence-electron chi connectivity index (χ1n) is 12.9. The Morgan fingerprint density at radius 2 is 1.07 bits per heavy atom. The predicted octanol–water partition coefficient (Wildman–Crippen LogP) is 7.23. The highest BCUT2D eigenvalue weighted by Crippen LogP contribution is 2.31. The number of pyridine rings is 2. The Hall–Kier alpha value is -5.05. The molecule has 0 N–H and O–H groups in total. The van der Waals surface area contributed by atoms with Crippen LogP contribution in [0.25, 0.3) is 50.3 Å². The molecule has 7 rings (SSSR count). The molecule has 0 aliphatic rings. The van der Waals surface area contributed by atoms with Crippen molar-refractivity contribution >= 4 is 56.0 Å². The molecule has 0 atom stereocenters. The number of thiocarbonyl (C=S) groups is 2. The smallest absolute Gasteiger partial charge is 0.164 e. The van der Waals surface area contributed by atoms with E-state index in [-0.39, 0.29) is 0 Å². The summed E-state index contributed by atoms with van der Waals surface area (Å²) in [5.41, 5.74) is 6.11. The lowest BCUT2D eigenvalue weighted by Crippen LogP contribution is -2.15. The minimum Gasteiger partial charge on any atom is -0.308 e. The zero-order chi connectivity index (χ0) is 27.8. The van der Waals surface area contributed by atoms with Crippen molar-refractivity contribution in [1.82, 2.24) is 29.5 Å². The zero-order valence-electron chi connectivity index (χ0n) is 21.5. The molecule has 41 heavy (non-hydrogen) atoms. The Bertz CT molecular complexity index is 2020. The van der Waals surface area contributed by atoms with Gasteiger partial charge in [-0.2, -0.15) is 0 Å². The second-order valence-electron chi connectivity index (χ2n) is 9.36. The molecule has 194 valence electrons. The summed E-state index contributed by atoms with van der Waals surface area (Å²) in [7, 11) is 0. The first-order valence-corrected chi connectivity index (χ1v) is 13.7. The summed E-state index contributed by atoms with van der Waals surface area (Å²) in [6, 6.07) is 34.2. The van der Waals surface area contributed by atoms with Gasteiger partial charge in [-0.3, -0.25) is 9.97 Å². The van der Waals surface area contributed by atoms with Crippen LogP contribution in [0.15, 0.2) is 122 Å². The molecule has 0 aliphatic carbocycles. The van der Waals surface area contributed by atoms with Gasteiger partial charge in [0.25, 0.3) is 0 Å². The standard InChI is InChI=1S/C33H20N6S2/c40-30(26-16-14-22(18-34-26)33-37-20-36-32(38-33)21-8-2-1-3-9-21)31(41)27-17-15-23(19-35-27)39-28-12-6-4-10-24(28)25-11-5-7-13-29(25)39/h1-20H. The lowest BCUT2D eigenvalue weighted by Gasteiger charge is -2.10.